The Bertz CT molecular complexity index is 625. The summed E-state index contributed by atoms with van der Waals surface area (Å²) in [7, 11) is 0. The Hall–Kier alpha value is -1.88. The molecule has 0 radical (unpaired) electrons. The highest BCUT2D eigenvalue weighted by molar-refractivity contribution is 5.95. The normalized spacial score (nSPS) is 27.6. The Kier molecular flexibility index (Phi) is 4.39. The predicted molar refractivity (Wildman–Crippen MR) is 91.2 cm³/mol. The molecule has 4 N–H and O–H groups in total. The summed E-state index contributed by atoms with van der Waals surface area (Å²) >= 11 is 0. The number of benzene rings is 1. The first-order valence-electron chi connectivity index (χ1n) is 8.48. The fourth-order valence-corrected chi connectivity index (χ4v) is 3.67. The summed E-state index contributed by atoms with van der Waals surface area (Å²) in [6.45, 7) is 1.98. The lowest BCUT2D eigenvalue weighted by Gasteiger charge is -2.37. The molecule has 2 aliphatic rings. The lowest BCUT2D eigenvalue weighted by molar-refractivity contribution is -0.122. The molecule has 2 atom stereocenters. The fraction of sp³-hybridized carbons (Fsp3) is 0.556. The van der Waals surface area contributed by atoms with Crippen molar-refractivity contribution < 1.29 is 9.59 Å². The van der Waals surface area contributed by atoms with Gasteiger partial charge >= 0.3 is 0 Å². The fourth-order valence-electron chi connectivity index (χ4n) is 3.67. The van der Waals surface area contributed by atoms with Crippen LogP contribution < -0.4 is 16.4 Å². The van der Waals surface area contributed by atoms with E-state index in [0.717, 1.165) is 55.5 Å². The van der Waals surface area contributed by atoms with Gasteiger partial charge in [0.25, 0.3) is 0 Å². The summed E-state index contributed by atoms with van der Waals surface area (Å²) in [5.74, 6) is -0.0799. The molecule has 1 saturated carbocycles. The first kappa shape index (κ1) is 16.0. The minimum absolute atomic E-state index is 0.00677. The molecule has 0 bridgehead atoms. The third kappa shape index (κ3) is 3.55. The van der Waals surface area contributed by atoms with Crippen LogP contribution in [-0.2, 0) is 16.0 Å². The van der Waals surface area contributed by atoms with Crippen molar-refractivity contribution in [1.82, 2.24) is 0 Å². The number of anilines is 2. The largest absolute Gasteiger partial charge is 0.326 e. The molecule has 2 unspecified atom stereocenters. The zero-order valence-electron chi connectivity index (χ0n) is 13.7. The summed E-state index contributed by atoms with van der Waals surface area (Å²) in [6, 6.07) is 5.69. The molecule has 0 saturated heterocycles. The van der Waals surface area contributed by atoms with E-state index < -0.39 is 5.54 Å². The number of rotatable bonds is 2. The van der Waals surface area contributed by atoms with Gasteiger partial charge in [-0.3, -0.25) is 9.59 Å². The predicted octanol–water partition coefficient (Wildman–Crippen LogP) is 2.81. The van der Waals surface area contributed by atoms with E-state index in [2.05, 4.69) is 10.6 Å². The van der Waals surface area contributed by atoms with Gasteiger partial charge in [0.05, 0.1) is 5.92 Å². The van der Waals surface area contributed by atoms with E-state index in [-0.39, 0.29) is 17.7 Å². The molecule has 1 aromatic rings. The highest BCUT2D eigenvalue weighted by Gasteiger charge is 2.37. The molecular formula is C18H25N3O2. The van der Waals surface area contributed by atoms with Crippen LogP contribution in [0, 0.1) is 5.92 Å². The molecule has 124 valence electrons. The smallest absolute Gasteiger partial charge is 0.229 e. The third-order valence-electron chi connectivity index (χ3n) is 5.07. The van der Waals surface area contributed by atoms with E-state index >= 15 is 0 Å². The zero-order chi connectivity index (χ0) is 16.4. The average molecular weight is 315 g/mol. The number of carbonyl (C=O) groups is 2. The van der Waals surface area contributed by atoms with Gasteiger partial charge in [0.1, 0.15) is 0 Å². The molecule has 1 heterocycles. The van der Waals surface area contributed by atoms with Crippen LogP contribution in [-0.4, -0.2) is 17.4 Å². The molecule has 5 nitrogen and oxygen atoms in total. The third-order valence-corrected chi connectivity index (χ3v) is 5.07. The van der Waals surface area contributed by atoms with Gasteiger partial charge in [-0.15, -0.1) is 0 Å². The summed E-state index contributed by atoms with van der Waals surface area (Å²) in [4.78, 5) is 24.2. The van der Waals surface area contributed by atoms with Crippen molar-refractivity contribution in [3.63, 3.8) is 0 Å². The zero-order valence-corrected chi connectivity index (χ0v) is 13.7. The molecule has 1 aliphatic heterocycles. The molecule has 1 aromatic carbocycles. The number of amides is 2. The highest BCUT2D eigenvalue weighted by Crippen LogP contribution is 2.33. The summed E-state index contributed by atoms with van der Waals surface area (Å²) in [5, 5.41) is 5.93. The molecule has 0 aromatic heterocycles. The summed E-state index contributed by atoms with van der Waals surface area (Å²) < 4.78 is 0. The monoisotopic (exact) mass is 315 g/mol. The first-order chi connectivity index (χ1) is 11.0. The Morgan fingerprint density at radius 3 is 2.91 bits per heavy atom. The van der Waals surface area contributed by atoms with Crippen LogP contribution in [0.4, 0.5) is 11.4 Å². The molecule has 23 heavy (non-hydrogen) atoms. The number of hydrogen-bond acceptors (Lipinski definition) is 3. The molecule has 5 heteroatoms. The number of hydrogen-bond donors (Lipinski definition) is 3. The maximum absolute atomic E-state index is 12.6. The molecule has 0 spiro atoms. The van der Waals surface area contributed by atoms with Crippen LogP contribution in [0.25, 0.3) is 0 Å². The van der Waals surface area contributed by atoms with Crippen molar-refractivity contribution in [2.24, 2.45) is 11.7 Å². The number of carbonyl (C=O) groups excluding carboxylic acids is 2. The maximum atomic E-state index is 12.6. The Labute approximate surface area is 137 Å². The van der Waals surface area contributed by atoms with E-state index in [1.807, 2.05) is 25.1 Å². The highest BCUT2D eigenvalue weighted by atomic mass is 16.2. The number of nitrogens with two attached hydrogens (primary N) is 1. The number of fused-ring (bicyclic) bond motifs is 1. The second kappa shape index (κ2) is 6.32. The topological polar surface area (TPSA) is 84.2 Å². The van der Waals surface area contributed by atoms with Crippen LogP contribution in [0.1, 0.15) is 51.0 Å². The Balaban J connectivity index is 1.74. The van der Waals surface area contributed by atoms with Gasteiger partial charge in [0.2, 0.25) is 11.8 Å². The van der Waals surface area contributed by atoms with Crippen molar-refractivity contribution in [1.29, 1.82) is 0 Å². The Morgan fingerprint density at radius 2 is 2.13 bits per heavy atom. The van der Waals surface area contributed by atoms with Crippen LogP contribution >= 0.6 is 0 Å². The van der Waals surface area contributed by atoms with Crippen LogP contribution in [0.3, 0.4) is 0 Å². The van der Waals surface area contributed by atoms with E-state index in [4.69, 9.17) is 5.73 Å². The second-order valence-corrected chi connectivity index (χ2v) is 7.07. The van der Waals surface area contributed by atoms with Crippen molar-refractivity contribution in [3.05, 3.63) is 23.8 Å². The van der Waals surface area contributed by atoms with Gasteiger partial charge in [0.15, 0.2) is 0 Å². The molecule has 1 aliphatic carbocycles. The quantitative estimate of drug-likeness (QED) is 0.784. The standard InChI is InChI=1S/C18H25N3O2/c1-18(19)10-3-2-6-14(18)17(23)20-13-8-9-15-12(11-13)5-4-7-16(22)21-15/h8-9,11,14H,2-7,10,19H2,1H3,(H,20,23)(H,21,22). The van der Waals surface area contributed by atoms with E-state index in [0.29, 0.717) is 6.42 Å². The average Bonchev–Trinajstić information content (AvgIpc) is 2.67. The van der Waals surface area contributed by atoms with E-state index in [1.54, 1.807) is 0 Å². The molecule has 3 rings (SSSR count). The molecule has 2 amide bonds. The van der Waals surface area contributed by atoms with E-state index in [9.17, 15) is 9.59 Å². The van der Waals surface area contributed by atoms with Gasteiger partial charge < -0.3 is 16.4 Å². The molecule has 1 fully saturated rings. The number of aryl methyl sites for hydroxylation is 1. The van der Waals surface area contributed by atoms with Crippen molar-refractivity contribution >= 4 is 23.2 Å². The van der Waals surface area contributed by atoms with Gasteiger partial charge in [0, 0.05) is 23.3 Å². The van der Waals surface area contributed by atoms with Crippen LogP contribution in [0.5, 0.6) is 0 Å². The lowest BCUT2D eigenvalue weighted by atomic mass is 9.74. The second-order valence-electron chi connectivity index (χ2n) is 7.07. The van der Waals surface area contributed by atoms with Gasteiger partial charge in [-0.25, -0.2) is 0 Å². The van der Waals surface area contributed by atoms with Crippen molar-refractivity contribution in [3.8, 4) is 0 Å². The maximum Gasteiger partial charge on any atom is 0.229 e. The van der Waals surface area contributed by atoms with Gasteiger partial charge in [-0.1, -0.05) is 12.8 Å². The lowest BCUT2D eigenvalue weighted by Crippen LogP contribution is -2.51. The minimum Gasteiger partial charge on any atom is -0.326 e. The van der Waals surface area contributed by atoms with Crippen molar-refractivity contribution in [2.75, 3.05) is 10.6 Å². The minimum atomic E-state index is -0.429. The van der Waals surface area contributed by atoms with Gasteiger partial charge in [-0.05, 0) is 56.4 Å². The summed E-state index contributed by atoms with van der Waals surface area (Å²) in [6.07, 6.45) is 6.11. The molecular weight excluding hydrogens is 290 g/mol. The first-order valence-corrected chi connectivity index (χ1v) is 8.48. The van der Waals surface area contributed by atoms with Gasteiger partial charge in [-0.2, -0.15) is 0 Å². The number of nitrogens with one attached hydrogen (secondary N) is 2. The van der Waals surface area contributed by atoms with Crippen LogP contribution in [0.2, 0.25) is 0 Å². The SMILES string of the molecule is CC1(N)CCCCC1C(=O)Nc1ccc2c(c1)CCCC(=O)N2. The van der Waals surface area contributed by atoms with Crippen LogP contribution in [0.15, 0.2) is 18.2 Å². The Morgan fingerprint density at radius 1 is 1.30 bits per heavy atom. The van der Waals surface area contributed by atoms with E-state index in [1.165, 1.54) is 0 Å². The summed E-state index contributed by atoms with van der Waals surface area (Å²) in [5.41, 5.74) is 8.60. The van der Waals surface area contributed by atoms with Crippen molar-refractivity contribution in [2.45, 2.75) is 57.4 Å².